The Morgan fingerprint density at radius 3 is 1.81 bits per heavy atom. The molecule has 252 valence electrons. The van der Waals surface area contributed by atoms with Crippen molar-refractivity contribution in [2.75, 3.05) is 0 Å². The molecule has 4 nitrogen and oxygen atoms in total. The van der Waals surface area contributed by atoms with E-state index < -0.39 is 0 Å². The van der Waals surface area contributed by atoms with Crippen molar-refractivity contribution in [1.29, 1.82) is 0 Å². The summed E-state index contributed by atoms with van der Waals surface area (Å²) in [5.41, 5.74) is 8.92. The first-order chi connectivity index (χ1) is 26.7. The summed E-state index contributed by atoms with van der Waals surface area (Å²) in [6.07, 6.45) is 0. The molecule has 3 aromatic heterocycles. The van der Waals surface area contributed by atoms with E-state index in [1.54, 1.807) is 11.3 Å². The lowest BCUT2D eigenvalue weighted by Gasteiger charge is -2.11. The van der Waals surface area contributed by atoms with E-state index in [2.05, 4.69) is 152 Å². The molecule has 0 unspecified atom stereocenters. The molecule has 0 atom stereocenters. The fourth-order valence-corrected chi connectivity index (χ4v) is 8.82. The van der Waals surface area contributed by atoms with E-state index in [9.17, 15) is 0 Å². The predicted molar refractivity (Wildman–Crippen MR) is 225 cm³/mol. The van der Waals surface area contributed by atoms with Crippen molar-refractivity contribution < 1.29 is 4.42 Å². The molecule has 11 aromatic rings. The van der Waals surface area contributed by atoms with Crippen LogP contribution in [0.4, 0.5) is 0 Å². The van der Waals surface area contributed by atoms with Crippen molar-refractivity contribution >= 4 is 64.2 Å². The number of rotatable bonds is 5. The van der Waals surface area contributed by atoms with Crippen LogP contribution < -0.4 is 0 Å². The molecule has 0 bridgehead atoms. The summed E-state index contributed by atoms with van der Waals surface area (Å²) in [6, 6.07) is 61.6. The van der Waals surface area contributed by atoms with Gasteiger partial charge in [0.25, 0.3) is 0 Å². The van der Waals surface area contributed by atoms with Crippen molar-refractivity contribution in [3.8, 4) is 56.4 Å². The number of hydrogen-bond acceptors (Lipinski definition) is 5. The summed E-state index contributed by atoms with van der Waals surface area (Å²) in [5.74, 6) is 1.84. The average molecular weight is 708 g/mol. The van der Waals surface area contributed by atoms with E-state index in [1.165, 1.54) is 31.1 Å². The van der Waals surface area contributed by atoms with Gasteiger partial charge in [-0.2, -0.15) is 0 Å². The van der Waals surface area contributed by atoms with Crippen LogP contribution in [0.5, 0.6) is 0 Å². The third-order valence-electron chi connectivity index (χ3n) is 10.3. The minimum absolute atomic E-state index is 0.597. The Balaban J connectivity index is 1.15. The van der Waals surface area contributed by atoms with Gasteiger partial charge < -0.3 is 4.42 Å². The summed E-state index contributed by atoms with van der Waals surface area (Å²) in [7, 11) is 0. The number of benzene rings is 8. The summed E-state index contributed by atoms with van der Waals surface area (Å²) >= 11 is 1.81. The molecule has 0 N–H and O–H groups in total. The molecule has 0 amide bonds. The molecule has 8 aromatic carbocycles. The predicted octanol–water partition coefficient (Wildman–Crippen LogP) is 13.6. The second-order valence-electron chi connectivity index (χ2n) is 13.6. The van der Waals surface area contributed by atoms with Gasteiger partial charge in [-0.1, -0.05) is 127 Å². The van der Waals surface area contributed by atoms with Crippen molar-refractivity contribution in [2.24, 2.45) is 0 Å². The van der Waals surface area contributed by atoms with Crippen LogP contribution in [0.2, 0.25) is 0 Å². The number of nitrogens with zero attached hydrogens (tertiary/aromatic N) is 3. The zero-order chi connectivity index (χ0) is 35.6. The van der Waals surface area contributed by atoms with Crippen LogP contribution in [0.15, 0.2) is 180 Å². The van der Waals surface area contributed by atoms with Crippen LogP contribution in [-0.4, -0.2) is 15.0 Å². The van der Waals surface area contributed by atoms with Gasteiger partial charge in [0.1, 0.15) is 11.2 Å². The van der Waals surface area contributed by atoms with Gasteiger partial charge in [0, 0.05) is 47.6 Å². The number of thiophene rings is 1. The van der Waals surface area contributed by atoms with Crippen molar-refractivity contribution in [3.63, 3.8) is 0 Å². The van der Waals surface area contributed by atoms with E-state index in [0.29, 0.717) is 17.5 Å². The lowest BCUT2D eigenvalue weighted by molar-refractivity contribution is 0.669. The van der Waals surface area contributed by atoms with E-state index in [0.717, 1.165) is 60.7 Å². The smallest absolute Gasteiger partial charge is 0.164 e. The molecule has 0 aliphatic rings. The Bertz CT molecular complexity index is 3230. The van der Waals surface area contributed by atoms with Crippen LogP contribution in [-0.2, 0) is 0 Å². The molecule has 11 rings (SSSR count). The van der Waals surface area contributed by atoms with Crippen molar-refractivity contribution in [3.05, 3.63) is 176 Å². The standard InChI is InChI=1S/C49H29N3OS/c1-2-11-30(12-3-1)33-15-8-16-34(27-33)37-18-9-20-41-45(37)46-39(19-10-21-42(46)53-41)49-51-47(35-24-23-31-13-4-5-14-32(31)28-35)50-48(52-49)36-25-26-44-40(29-36)38-17-6-7-22-43(38)54-44/h1-29H. The highest BCUT2D eigenvalue weighted by molar-refractivity contribution is 7.25. The third kappa shape index (κ3) is 5.09. The second-order valence-corrected chi connectivity index (χ2v) is 14.7. The van der Waals surface area contributed by atoms with Gasteiger partial charge in [-0.05, 0) is 81.6 Å². The number of furan rings is 1. The Hall–Kier alpha value is -6.95. The Kier molecular flexibility index (Phi) is 7.00. The summed E-state index contributed by atoms with van der Waals surface area (Å²) in [5, 5.41) is 6.76. The zero-order valence-corrected chi connectivity index (χ0v) is 29.7. The molecule has 0 fully saturated rings. The fourth-order valence-electron chi connectivity index (χ4n) is 7.74. The Morgan fingerprint density at radius 2 is 0.963 bits per heavy atom. The molecule has 0 radical (unpaired) electrons. The minimum atomic E-state index is 0.597. The monoisotopic (exact) mass is 707 g/mol. The van der Waals surface area contributed by atoms with Gasteiger partial charge >= 0.3 is 0 Å². The Morgan fingerprint density at radius 1 is 0.352 bits per heavy atom. The van der Waals surface area contributed by atoms with Crippen LogP contribution in [0, 0.1) is 0 Å². The summed E-state index contributed by atoms with van der Waals surface area (Å²) in [4.78, 5) is 15.7. The first-order valence-electron chi connectivity index (χ1n) is 18.0. The molecule has 5 heteroatoms. The van der Waals surface area contributed by atoms with Crippen LogP contribution in [0.25, 0.3) is 109 Å². The maximum Gasteiger partial charge on any atom is 0.164 e. The molecule has 54 heavy (non-hydrogen) atoms. The Labute approximate surface area is 314 Å². The summed E-state index contributed by atoms with van der Waals surface area (Å²) < 4.78 is 9.08. The highest BCUT2D eigenvalue weighted by Gasteiger charge is 2.21. The average Bonchev–Trinajstić information content (AvgIpc) is 3.82. The lowest BCUT2D eigenvalue weighted by Crippen LogP contribution is -2.00. The molecule has 3 heterocycles. The van der Waals surface area contributed by atoms with Crippen molar-refractivity contribution in [1.82, 2.24) is 15.0 Å². The molecular weight excluding hydrogens is 679 g/mol. The van der Waals surface area contributed by atoms with E-state index >= 15 is 0 Å². The minimum Gasteiger partial charge on any atom is -0.456 e. The van der Waals surface area contributed by atoms with E-state index in [-0.39, 0.29) is 0 Å². The number of aromatic nitrogens is 3. The first-order valence-corrected chi connectivity index (χ1v) is 18.8. The lowest BCUT2D eigenvalue weighted by atomic mass is 9.94. The maximum atomic E-state index is 6.58. The highest BCUT2D eigenvalue weighted by Crippen LogP contribution is 2.42. The topological polar surface area (TPSA) is 51.8 Å². The quantitative estimate of drug-likeness (QED) is 0.179. The van der Waals surface area contributed by atoms with E-state index in [1.807, 2.05) is 24.3 Å². The largest absolute Gasteiger partial charge is 0.456 e. The van der Waals surface area contributed by atoms with Gasteiger partial charge in [0.15, 0.2) is 17.5 Å². The van der Waals surface area contributed by atoms with Gasteiger partial charge in [0.2, 0.25) is 0 Å². The second kappa shape index (κ2) is 12.3. The summed E-state index contributed by atoms with van der Waals surface area (Å²) in [6.45, 7) is 0. The normalized spacial score (nSPS) is 11.7. The van der Waals surface area contributed by atoms with Gasteiger partial charge in [0.05, 0.1) is 0 Å². The van der Waals surface area contributed by atoms with Gasteiger partial charge in [-0.15, -0.1) is 11.3 Å². The third-order valence-corrected chi connectivity index (χ3v) is 11.5. The van der Waals surface area contributed by atoms with Gasteiger partial charge in [-0.3, -0.25) is 0 Å². The van der Waals surface area contributed by atoms with Crippen LogP contribution >= 0.6 is 11.3 Å². The highest BCUT2D eigenvalue weighted by atomic mass is 32.1. The van der Waals surface area contributed by atoms with Crippen LogP contribution in [0.1, 0.15) is 0 Å². The maximum absolute atomic E-state index is 6.58. The molecule has 0 spiro atoms. The molecule has 0 saturated heterocycles. The molecule has 0 saturated carbocycles. The SMILES string of the molecule is c1ccc(-c2cccc(-c3cccc4oc5cccc(-c6nc(-c7ccc8ccccc8c7)nc(-c7ccc8sc9ccccc9c8c7)n6)c5c34)c2)cc1. The first kappa shape index (κ1) is 30.7. The number of fused-ring (bicyclic) bond motifs is 7. The van der Waals surface area contributed by atoms with Gasteiger partial charge in [-0.25, -0.2) is 15.0 Å². The van der Waals surface area contributed by atoms with Crippen molar-refractivity contribution in [2.45, 2.75) is 0 Å². The molecule has 0 aliphatic carbocycles. The zero-order valence-electron chi connectivity index (χ0n) is 28.9. The number of hydrogen-bond donors (Lipinski definition) is 0. The fraction of sp³-hybridized carbons (Fsp3) is 0. The molecule has 0 aliphatic heterocycles. The van der Waals surface area contributed by atoms with Crippen LogP contribution in [0.3, 0.4) is 0 Å². The molecular formula is C49H29N3OS. The van der Waals surface area contributed by atoms with E-state index in [4.69, 9.17) is 19.4 Å².